The molecule has 0 bridgehead atoms. The molecule has 4 rings (SSSR count). The highest BCUT2D eigenvalue weighted by Crippen LogP contribution is 2.43. The van der Waals surface area contributed by atoms with E-state index >= 15 is 0 Å². The molecular formula is C21H21ClN2O4. The maximum atomic E-state index is 13.3. The summed E-state index contributed by atoms with van der Waals surface area (Å²) in [7, 11) is 0. The lowest BCUT2D eigenvalue weighted by atomic mass is 9.92. The Morgan fingerprint density at radius 2 is 1.57 bits per heavy atom. The third-order valence-corrected chi connectivity index (χ3v) is 5.67. The number of aliphatic hydroxyl groups excluding tert-OH is 1. The Balaban J connectivity index is 1.69. The fourth-order valence-corrected chi connectivity index (χ4v) is 4.32. The van der Waals surface area contributed by atoms with Gasteiger partial charge >= 0.3 is 0 Å². The number of hydroxylamine groups is 1. The van der Waals surface area contributed by atoms with Gasteiger partial charge in [-0.3, -0.25) is 14.4 Å². The first kappa shape index (κ1) is 18.9. The van der Waals surface area contributed by atoms with Crippen molar-refractivity contribution >= 4 is 34.8 Å². The number of benzene rings is 2. The Hall–Kier alpha value is -2.41. The molecule has 0 aromatic heterocycles. The minimum absolute atomic E-state index is 0.0131. The number of carbonyl (C=O) groups is 2. The Morgan fingerprint density at radius 1 is 0.964 bits per heavy atom. The average Bonchev–Trinajstić information content (AvgIpc) is 3.24. The van der Waals surface area contributed by atoms with Crippen LogP contribution in [0, 0.1) is 5.92 Å². The zero-order valence-electron chi connectivity index (χ0n) is 15.1. The summed E-state index contributed by atoms with van der Waals surface area (Å²) >= 11 is 6.67. The zero-order valence-corrected chi connectivity index (χ0v) is 15.9. The van der Waals surface area contributed by atoms with E-state index in [0.717, 1.165) is 5.69 Å². The minimum Gasteiger partial charge on any atom is -0.396 e. The summed E-state index contributed by atoms with van der Waals surface area (Å²) < 4.78 is 0. The Labute approximate surface area is 168 Å². The van der Waals surface area contributed by atoms with Crippen LogP contribution in [0.5, 0.6) is 0 Å². The van der Waals surface area contributed by atoms with Crippen LogP contribution < -0.4 is 9.96 Å². The van der Waals surface area contributed by atoms with Crippen molar-refractivity contribution in [1.82, 2.24) is 0 Å². The molecular weight excluding hydrogens is 380 g/mol. The largest absolute Gasteiger partial charge is 0.396 e. The standard InChI is InChI=1S/C21H21ClN2O4/c22-16(12-7-13-25)18-17-19(28-24(18)15-10-5-2-6-11-15)21(27)23(20(17)26)14-8-3-1-4-9-14/h1-6,8-11,16-19,25H,7,12-13H2/t16?,17-,18-,19+/m0/s1. The number of para-hydroxylation sites is 2. The number of alkyl halides is 1. The van der Waals surface area contributed by atoms with E-state index in [2.05, 4.69) is 0 Å². The maximum Gasteiger partial charge on any atom is 0.266 e. The van der Waals surface area contributed by atoms with Crippen molar-refractivity contribution in [3.63, 3.8) is 0 Å². The molecule has 1 N–H and O–H groups in total. The van der Waals surface area contributed by atoms with Crippen LogP contribution in [-0.2, 0) is 14.4 Å². The topological polar surface area (TPSA) is 70.1 Å². The van der Waals surface area contributed by atoms with Gasteiger partial charge in [-0.2, -0.15) is 0 Å². The molecule has 146 valence electrons. The van der Waals surface area contributed by atoms with Crippen LogP contribution in [0.1, 0.15) is 12.8 Å². The number of amides is 2. The predicted octanol–water partition coefficient (Wildman–Crippen LogP) is 2.74. The van der Waals surface area contributed by atoms with Gasteiger partial charge in [0.15, 0.2) is 6.10 Å². The molecule has 2 aromatic rings. The van der Waals surface area contributed by atoms with Crippen LogP contribution in [0.4, 0.5) is 11.4 Å². The van der Waals surface area contributed by atoms with E-state index in [4.69, 9.17) is 16.4 Å². The lowest BCUT2D eigenvalue weighted by molar-refractivity contribution is -0.126. The van der Waals surface area contributed by atoms with Gasteiger partial charge in [-0.05, 0) is 37.1 Å². The van der Waals surface area contributed by atoms with E-state index in [9.17, 15) is 14.7 Å². The van der Waals surface area contributed by atoms with Crippen molar-refractivity contribution in [3.05, 3.63) is 60.7 Å². The number of aliphatic hydroxyl groups is 1. The molecule has 4 atom stereocenters. The second kappa shape index (κ2) is 7.91. The SMILES string of the molecule is O=C1[C@@H]2[C@@H](ON(c3ccccc3)[C@H]2C(Cl)CCCO)C(=O)N1c1ccccc1. The summed E-state index contributed by atoms with van der Waals surface area (Å²) in [6.45, 7) is 0.0131. The van der Waals surface area contributed by atoms with Gasteiger partial charge < -0.3 is 5.11 Å². The third kappa shape index (κ3) is 3.17. The molecule has 7 heteroatoms. The Kier molecular flexibility index (Phi) is 5.35. The molecule has 0 saturated carbocycles. The van der Waals surface area contributed by atoms with Crippen LogP contribution in [0.25, 0.3) is 0 Å². The van der Waals surface area contributed by atoms with Gasteiger partial charge in [0.1, 0.15) is 5.92 Å². The third-order valence-electron chi connectivity index (χ3n) is 5.19. The van der Waals surface area contributed by atoms with Gasteiger partial charge in [-0.1, -0.05) is 36.4 Å². The molecule has 2 heterocycles. The van der Waals surface area contributed by atoms with Gasteiger partial charge in [0, 0.05) is 6.61 Å². The van der Waals surface area contributed by atoms with Crippen LogP contribution in [-0.4, -0.2) is 41.1 Å². The molecule has 0 aliphatic carbocycles. The van der Waals surface area contributed by atoms with E-state index in [0.29, 0.717) is 18.5 Å². The van der Waals surface area contributed by atoms with Gasteiger partial charge in [0.05, 0.1) is 22.8 Å². The summed E-state index contributed by atoms with van der Waals surface area (Å²) in [5.41, 5.74) is 1.27. The normalized spacial score (nSPS) is 25.3. The first-order valence-corrected chi connectivity index (χ1v) is 9.76. The minimum atomic E-state index is -0.909. The van der Waals surface area contributed by atoms with Gasteiger partial charge in [0.25, 0.3) is 5.91 Å². The lowest BCUT2D eigenvalue weighted by Crippen LogP contribution is -2.45. The fraction of sp³-hybridized carbons (Fsp3) is 0.333. The number of rotatable bonds is 6. The van der Waals surface area contributed by atoms with Crippen LogP contribution in [0.2, 0.25) is 0 Å². The quantitative estimate of drug-likeness (QED) is 0.596. The molecule has 2 saturated heterocycles. The monoisotopic (exact) mass is 400 g/mol. The van der Waals surface area contributed by atoms with E-state index in [-0.39, 0.29) is 18.4 Å². The Bertz CT molecular complexity index is 848. The molecule has 2 aliphatic heterocycles. The first-order valence-electron chi connectivity index (χ1n) is 9.32. The highest BCUT2D eigenvalue weighted by atomic mass is 35.5. The summed E-state index contributed by atoms with van der Waals surface area (Å²) in [6.07, 6.45) is 0.106. The van der Waals surface area contributed by atoms with E-state index < -0.39 is 23.4 Å². The molecule has 0 radical (unpaired) electrons. The summed E-state index contributed by atoms with van der Waals surface area (Å²) in [4.78, 5) is 33.5. The van der Waals surface area contributed by atoms with Crippen LogP contribution in [0.3, 0.4) is 0 Å². The number of imide groups is 1. The number of carbonyl (C=O) groups excluding carboxylic acids is 2. The summed E-state index contributed by atoms with van der Waals surface area (Å²) in [5.74, 6) is -1.39. The first-order chi connectivity index (χ1) is 13.6. The van der Waals surface area contributed by atoms with Crippen molar-refractivity contribution in [2.24, 2.45) is 5.92 Å². The molecule has 1 unspecified atom stereocenters. The van der Waals surface area contributed by atoms with Crippen molar-refractivity contribution in [3.8, 4) is 0 Å². The molecule has 2 fully saturated rings. The summed E-state index contributed by atoms with van der Waals surface area (Å²) in [6, 6.07) is 17.7. The van der Waals surface area contributed by atoms with Crippen LogP contribution in [0.15, 0.2) is 60.7 Å². The smallest absolute Gasteiger partial charge is 0.266 e. The van der Waals surface area contributed by atoms with E-state index in [1.807, 2.05) is 36.4 Å². The number of halogens is 1. The summed E-state index contributed by atoms with van der Waals surface area (Å²) in [5, 5.41) is 10.3. The number of anilines is 2. The zero-order chi connectivity index (χ0) is 19.7. The van der Waals surface area contributed by atoms with Gasteiger partial charge in [0.2, 0.25) is 5.91 Å². The van der Waals surface area contributed by atoms with Crippen LogP contribution >= 0.6 is 11.6 Å². The lowest BCUT2D eigenvalue weighted by Gasteiger charge is -2.31. The van der Waals surface area contributed by atoms with E-state index in [1.54, 1.807) is 29.3 Å². The van der Waals surface area contributed by atoms with Crippen molar-refractivity contribution in [1.29, 1.82) is 0 Å². The second-order valence-corrected chi connectivity index (χ2v) is 7.49. The van der Waals surface area contributed by atoms with Crippen molar-refractivity contribution in [2.45, 2.75) is 30.4 Å². The predicted molar refractivity (Wildman–Crippen MR) is 106 cm³/mol. The van der Waals surface area contributed by atoms with Gasteiger partial charge in [-0.15, -0.1) is 11.6 Å². The Morgan fingerprint density at radius 3 is 2.18 bits per heavy atom. The number of hydrogen-bond acceptors (Lipinski definition) is 5. The number of fused-ring (bicyclic) bond motifs is 1. The molecule has 2 aromatic carbocycles. The molecule has 2 amide bonds. The van der Waals surface area contributed by atoms with E-state index in [1.165, 1.54) is 4.90 Å². The maximum absolute atomic E-state index is 13.3. The van der Waals surface area contributed by atoms with Crippen molar-refractivity contribution < 1.29 is 19.5 Å². The molecule has 0 spiro atoms. The number of nitrogens with zero attached hydrogens (tertiary/aromatic N) is 2. The fourth-order valence-electron chi connectivity index (χ4n) is 3.91. The van der Waals surface area contributed by atoms with Gasteiger partial charge in [-0.25, -0.2) is 9.96 Å². The highest BCUT2D eigenvalue weighted by Gasteiger charge is 2.61. The number of hydrogen-bond donors (Lipinski definition) is 1. The molecule has 28 heavy (non-hydrogen) atoms. The second-order valence-electron chi connectivity index (χ2n) is 6.93. The highest BCUT2D eigenvalue weighted by molar-refractivity contribution is 6.25. The average molecular weight is 401 g/mol. The molecule has 2 aliphatic rings. The van der Waals surface area contributed by atoms with Crippen molar-refractivity contribution in [2.75, 3.05) is 16.6 Å². The molecule has 6 nitrogen and oxygen atoms in total.